The normalized spacial score (nSPS) is 10.9. The Bertz CT molecular complexity index is 1050. The van der Waals surface area contributed by atoms with Crippen LogP contribution in [-0.2, 0) is 17.8 Å². The van der Waals surface area contributed by atoms with Crippen molar-refractivity contribution in [3.05, 3.63) is 78.5 Å². The van der Waals surface area contributed by atoms with Gasteiger partial charge in [0.15, 0.2) is 0 Å². The average molecular weight is 361 g/mol. The summed E-state index contributed by atoms with van der Waals surface area (Å²) in [5.74, 6) is 0.635. The van der Waals surface area contributed by atoms with E-state index in [1.807, 2.05) is 59.3 Å². The summed E-state index contributed by atoms with van der Waals surface area (Å²) >= 11 is 0. The number of ether oxygens (including phenoxy) is 1. The molecule has 136 valence electrons. The van der Waals surface area contributed by atoms with Gasteiger partial charge < -0.3 is 14.5 Å². The van der Waals surface area contributed by atoms with E-state index < -0.39 is 0 Å². The number of carbonyl (C=O) groups excluding carboxylic acids is 1. The standard InChI is InChI=1S/C20H19N5O2/c1-27-18-6-4-5-15(9-18)10-20(26)23-16-11-21-25(13-16)14-17-12-24-8-3-2-7-19(24)22-17/h2-9,11-13H,10,14H2,1H3,(H,23,26). The van der Waals surface area contributed by atoms with Gasteiger partial charge in [-0.25, -0.2) is 4.98 Å². The molecule has 0 bridgehead atoms. The first-order chi connectivity index (χ1) is 13.2. The number of hydrogen-bond acceptors (Lipinski definition) is 4. The lowest BCUT2D eigenvalue weighted by Crippen LogP contribution is -2.14. The van der Waals surface area contributed by atoms with Crippen molar-refractivity contribution >= 4 is 17.2 Å². The van der Waals surface area contributed by atoms with E-state index in [0.717, 1.165) is 22.7 Å². The number of rotatable bonds is 6. The van der Waals surface area contributed by atoms with Gasteiger partial charge in [-0.2, -0.15) is 5.10 Å². The van der Waals surface area contributed by atoms with Gasteiger partial charge in [0.25, 0.3) is 0 Å². The summed E-state index contributed by atoms with van der Waals surface area (Å²) in [6, 6.07) is 13.3. The van der Waals surface area contributed by atoms with E-state index in [0.29, 0.717) is 12.2 Å². The molecule has 3 aromatic heterocycles. The summed E-state index contributed by atoms with van der Waals surface area (Å²) in [7, 11) is 1.61. The molecule has 0 aliphatic carbocycles. The second-order valence-corrected chi connectivity index (χ2v) is 6.20. The number of amides is 1. The summed E-state index contributed by atoms with van der Waals surface area (Å²) in [5.41, 5.74) is 3.35. The minimum Gasteiger partial charge on any atom is -0.497 e. The highest BCUT2D eigenvalue weighted by atomic mass is 16.5. The van der Waals surface area contributed by atoms with Crippen LogP contribution in [0.1, 0.15) is 11.3 Å². The van der Waals surface area contributed by atoms with Crippen LogP contribution in [0, 0.1) is 0 Å². The van der Waals surface area contributed by atoms with E-state index in [1.54, 1.807) is 24.2 Å². The number of methoxy groups -OCH3 is 1. The van der Waals surface area contributed by atoms with Gasteiger partial charge in [-0.15, -0.1) is 0 Å². The molecule has 0 unspecified atom stereocenters. The van der Waals surface area contributed by atoms with Crippen LogP contribution in [0.3, 0.4) is 0 Å². The van der Waals surface area contributed by atoms with E-state index in [9.17, 15) is 4.79 Å². The van der Waals surface area contributed by atoms with Crippen LogP contribution in [-0.4, -0.2) is 32.2 Å². The van der Waals surface area contributed by atoms with Crippen LogP contribution >= 0.6 is 0 Å². The van der Waals surface area contributed by atoms with Crippen molar-refractivity contribution in [2.24, 2.45) is 0 Å². The molecule has 0 atom stereocenters. The van der Waals surface area contributed by atoms with Gasteiger partial charge >= 0.3 is 0 Å². The second-order valence-electron chi connectivity index (χ2n) is 6.20. The SMILES string of the molecule is COc1cccc(CC(=O)Nc2cnn(Cc3cn4ccccc4n3)c2)c1. The monoisotopic (exact) mass is 361 g/mol. The Balaban J connectivity index is 1.39. The molecule has 0 aliphatic rings. The number of nitrogens with one attached hydrogen (secondary N) is 1. The third kappa shape index (κ3) is 3.98. The molecule has 1 amide bonds. The maximum absolute atomic E-state index is 12.3. The summed E-state index contributed by atoms with van der Waals surface area (Å²) < 4.78 is 8.90. The largest absolute Gasteiger partial charge is 0.497 e. The number of pyridine rings is 1. The Morgan fingerprint density at radius 2 is 2.11 bits per heavy atom. The third-order valence-electron chi connectivity index (χ3n) is 4.15. The molecule has 3 heterocycles. The number of anilines is 1. The summed E-state index contributed by atoms with van der Waals surface area (Å²) in [6.45, 7) is 0.535. The molecule has 0 radical (unpaired) electrons. The summed E-state index contributed by atoms with van der Waals surface area (Å²) in [6.07, 6.45) is 7.64. The number of imidazole rings is 1. The van der Waals surface area contributed by atoms with Gasteiger partial charge in [0, 0.05) is 18.6 Å². The van der Waals surface area contributed by atoms with Crippen LogP contribution < -0.4 is 10.1 Å². The first-order valence-electron chi connectivity index (χ1n) is 8.57. The Morgan fingerprint density at radius 3 is 2.96 bits per heavy atom. The maximum atomic E-state index is 12.3. The lowest BCUT2D eigenvalue weighted by molar-refractivity contribution is -0.115. The Kier molecular flexibility index (Phi) is 4.57. The molecule has 0 saturated carbocycles. The molecule has 0 fully saturated rings. The van der Waals surface area contributed by atoms with E-state index in [1.165, 1.54) is 0 Å². The van der Waals surface area contributed by atoms with Crippen LogP contribution in [0.2, 0.25) is 0 Å². The summed E-state index contributed by atoms with van der Waals surface area (Å²) in [4.78, 5) is 16.8. The molecule has 0 spiro atoms. The zero-order valence-electron chi connectivity index (χ0n) is 14.9. The highest BCUT2D eigenvalue weighted by molar-refractivity contribution is 5.92. The van der Waals surface area contributed by atoms with E-state index in [2.05, 4.69) is 15.4 Å². The Hall–Kier alpha value is -3.61. The van der Waals surface area contributed by atoms with Crippen LogP contribution in [0.4, 0.5) is 5.69 Å². The fourth-order valence-electron chi connectivity index (χ4n) is 2.92. The first-order valence-corrected chi connectivity index (χ1v) is 8.57. The van der Waals surface area contributed by atoms with Crippen molar-refractivity contribution in [1.82, 2.24) is 19.2 Å². The minimum atomic E-state index is -0.101. The smallest absolute Gasteiger partial charge is 0.228 e. The van der Waals surface area contributed by atoms with E-state index in [4.69, 9.17) is 4.74 Å². The number of nitrogens with zero attached hydrogens (tertiary/aromatic N) is 4. The molecule has 4 aromatic rings. The maximum Gasteiger partial charge on any atom is 0.228 e. The van der Waals surface area contributed by atoms with Crippen molar-refractivity contribution in [1.29, 1.82) is 0 Å². The number of benzene rings is 1. The summed E-state index contributed by atoms with van der Waals surface area (Å²) in [5, 5.41) is 7.17. The molecule has 27 heavy (non-hydrogen) atoms. The van der Waals surface area contributed by atoms with Crippen molar-refractivity contribution in [2.45, 2.75) is 13.0 Å². The van der Waals surface area contributed by atoms with Crippen LogP contribution in [0.15, 0.2) is 67.3 Å². The number of fused-ring (bicyclic) bond motifs is 1. The highest BCUT2D eigenvalue weighted by Crippen LogP contribution is 2.14. The lowest BCUT2D eigenvalue weighted by atomic mass is 10.1. The molecular formula is C20H19N5O2. The molecular weight excluding hydrogens is 342 g/mol. The molecule has 0 saturated heterocycles. The van der Waals surface area contributed by atoms with Crippen LogP contribution in [0.25, 0.3) is 5.65 Å². The Morgan fingerprint density at radius 1 is 1.19 bits per heavy atom. The van der Waals surface area contributed by atoms with Gasteiger partial charge in [0.05, 0.1) is 37.7 Å². The fourth-order valence-corrected chi connectivity index (χ4v) is 2.92. The molecule has 7 heteroatoms. The minimum absolute atomic E-state index is 0.101. The fraction of sp³-hybridized carbons (Fsp3) is 0.150. The van der Waals surface area contributed by atoms with Crippen molar-refractivity contribution in [3.8, 4) is 5.75 Å². The third-order valence-corrected chi connectivity index (χ3v) is 4.15. The molecule has 1 aromatic carbocycles. The average Bonchev–Trinajstić information content (AvgIpc) is 3.28. The lowest BCUT2D eigenvalue weighted by Gasteiger charge is -2.05. The molecule has 7 nitrogen and oxygen atoms in total. The Labute approximate surface area is 156 Å². The number of aromatic nitrogens is 4. The van der Waals surface area contributed by atoms with E-state index in [-0.39, 0.29) is 12.3 Å². The molecule has 0 aliphatic heterocycles. The quantitative estimate of drug-likeness (QED) is 0.573. The van der Waals surface area contributed by atoms with Crippen molar-refractivity contribution < 1.29 is 9.53 Å². The molecule has 1 N–H and O–H groups in total. The number of carbonyl (C=O) groups is 1. The van der Waals surface area contributed by atoms with Crippen molar-refractivity contribution in [2.75, 3.05) is 12.4 Å². The zero-order chi connectivity index (χ0) is 18.6. The predicted octanol–water partition coefficient (Wildman–Crippen LogP) is 2.77. The first kappa shape index (κ1) is 16.8. The highest BCUT2D eigenvalue weighted by Gasteiger charge is 2.08. The number of hydrogen-bond donors (Lipinski definition) is 1. The van der Waals surface area contributed by atoms with Gasteiger partial charge in [0.2, 0.25) is 5.91 Å². The van der Waals surface area contributed by atoms with Gasteiger partial charge in [0.1, 0.15) is 11.4 Å². The van der Waals surface area contributed by atoms with Gasteiger partial charge in [-0.1, -0.05) is 18.2 Å². The van der Waals surface area contributed by atoms with Crippen molar-refractivity contribution in [3.63, 3.8) is 0 Å². The van der Waals surface area contributed by atoms with E-state index >= 15 is 0 Å². The topological polar surface area (TPSA) is 73.5 Å². The van der Waals surface area contributed by atoms with Crippen LogP contribution in [0.5, 0.6) is 5.75 Å². The second kappa shape index (κ2) is 7.33. The predicted molar refractivity (Wildman–Crippen MR) is 102 cm³/mol. The van der Waals surface area contributed by atoms with Gasteiger partial charge in [-0.3, -0.25) is 9.48 Å². The molecule has 4 rings (SSSR count). The van der Waals surface area contributed by atoms with Gasteiger partial charge in [-0.05, 0) is 29.8 Å². The zero-order valence-corrected chi connectivity index (χ0v) is 14.9.